The smallest absolute Gasteiger partial charge is 0.396 e. The Bertz CT molecular complexity index is 445. The van der Waals surface area contributed by atoms with Crippen molar-refractivity contribution in [1.29, 1.82) is 0 Å². The van der Waals surface area contributed by atoms with E-state index in [4.69, 9.17) is 0 Å². The van der Waals surface area contributed by atoms with Crippen molar-refractivity contribution in [3.63, 3.8) is 0 Å². The first-order valence-electron chi connectivity index (χ1n) is 8.52. The highest BCUT2D eigenvalue weighted by Gasteiger charge is 2.52. The third kappa shape index (κ3) is 5.90. The minimum Gasteiger partial charge on any atom is -0.396 e. The van der Waals surface area contributed by atoms with Gasteiger partial charge in [0.15, 0.2) is 5.60 Å². The number of allylic oxidation sites excluding steroid dienone is 2. The number of hydrogen-bond donors (Lipinski definition) is 3. The average molecular weight is 350 g/mol. The third-order valence-corrected chi connectivity index (χ3v) is 4.79. The van der Waals surface area contributed by atoms with Gasteiger partial charge in [-0.3, -0.25) is 0 Å². The Morgan fingerprint density at radius 3 is 2.50 bits per heavy atom. The van der Waals surface area contributed by atoms with Crippen LogP contribution >= 0.6 is 0 Å². The lowest BCUT2D eigenvalue weighted by Gasteiger charge is -2.31. The summed E-state index contributed by atoms with van der Waals surface area (Å²) in [6, 6.07) is 0. The fourth-order valence-corrected chi connectivity index (χ4v) is 3.07. The summed E-state index contributed by atoms with van der Waals surface area (Å²) in [6.07, 6.45) is 0.576. The molecule has 0 aromatic rings. The lowest BCUT2D eigenvalue weighted by Crippen LogP contribution is -2.45. The molecule has 1 aliphatic carbocycles. The lowest BCUT2D eigenvalue weighted by atomic mass is 9.86. The Balaban J connectivity index is 2.98. The summed E-state index contributed by atoms with van der Waals surface area (Å²) < 4.78 is 39.6. The van der Waals surface area contributed by atoms with Gasteiger partial charge in [0.2, 0.25) is 0 Å². The molecule has 0 heterocycles. The first-order valence-corrected chi connectivity index (χ1v) is 8.52. The van der Waals surface area contributed by atoms with E-state index in [-0.39, 0.29) is 44.1 Å². The van der Waals surface area contributed by atoms with Crippen LogP contribution in [0.25, 0.3) is 0 Å². The summed E-state index contributed by atoms with van der Waals surface area (Å²) in [5.41, 5.74) is -1.97. The van der Waals surface area contributed by atoms with Crippen LogP contribution in [0.5, 0.6) is 0 Å². The predicted molar refractivity (Wildman–Crippen MR) is 87.4 cm³/mol. The van der Waals surface area contributed by atoms with Gasteiger partial charge >= 0.3 is 6.18 Å². The van der Waals surface area contributed by atoms with Crippen LogP contribution in [0, 0.1) is 11.8 Å². The van der Waals surface area contributed by atoms with Gasteiger partial charge in [-0.15, -0.1) is 0 Å². The Kier molecular flexibility index (Phi) is 7.96. The molecule has 140 valence electrons. The van der Waals surface area contributed by atoms with E-state index in [9.17, 15) is 28.5 Å². The molecule has 0 amide bonds. The molecular weight excluding hydrogens is 321 g/mol. The number of aliphatic hydroxyl groups excluding tert-OH is 2. The van der Waals surface area contributed by atoms with Gasteiger partial charge in [-0.1, -0.05) is 30.7 Å². The van der Waals surface area contributed by atoms with Gasteiger partial charge in [0, 0.05) is 11.8 Å². The fraction of sp³-hybridized carbons (Fsp3) is 0.778. The van der Waals surface area contributed by atoms with E-state index in [2.05, 4.69) is 0 Å². The minimum atomic E-state index is -4.65. The number of rotatable bonds is 1. The second-order valence-corrected chi connectivity index (χ2v) is 6.91. The topological polar surface area (TPSA) is 60.7 Å². The second kappa shape index (κ2) is 9.02. The highest BCUT2D eigenvalue weighted by Crippen LogP contribution is 2.39. The van der Waals surface area contributed by atoms with Gasteiger partial charge in [0.1, 0.15) is 0 Å². The van der Waals surface area contributed by atoms with Crippen molar-refractivity contribution < 1.29 is 28.5 Å². The molecule has 0 saturated heterocycles. The van der Waals surface area contributed by atoms with Crippen LogP contribution in [-0.2, 0) is 0 Å². The monoisotopic (exact) mass is 350 g/mol. The van der Waals surface area contributed by atoms with E-state index in [0.29, 0.717) is 18.4 Å². The van der Waals surface area contributed by atoms with Crippen molar-refractivity contribution in [1.82, 2.24) is 0 Å². The molecule has 3 N–H and O–H groups in total. The Morgan fingerprint density at radius 2 is 1.92 bits per heavy atom. The summed E-state index contributed by atoms with van der Waals surface area (Å²) in [5, 5.41) is 29.8. The quantitative estimate of drug-likeness (QED) is 0.631. The molecule has 0 aliphatic heterocycles. The standard InChI is InChI=1S/C18H29F3O3/c1-13-8-10-17(24,18(19,20)21)9-6-4-3-5-7-15(12-22)16(23)14(2)11-13/h5,7,11,14-16,22-24H,3-4,6,8-10,12H2,1-2H3/t14-,15-,16+,17?/m1/s1. The van der Waals surface area contributed by atoms with Crippen molar-refractivity contribution in [3.8, 4) is 0 Å². The van der Waals surface area contributed by atoms with Gasteiger partial charge in [0.05, 0.1) is 12.7 Å². The first kappa shape index (κ1) is 21.2. The Morgan fingerprint density at radius 1 is 1.25 bits per heavy atom. The third-order valence-electron chi connectivity index (χ3n) is 4.79. The molecule has 6 heteroatoms. The molecule has 0 aromatic carbocycles. The highest BCUT2D eigenvalue weighted by atomic mass is 19.4. The zero-order valence-electron chi connectivity index (χ0n) is 14.4. The molecule has 0 fully saturated rings. The molecular formula is C18H29F3O3. The van der Waals surface area contributed by atoms with Gasteiger partial charge in [-0.25, -0.2) is 0 Å². The summed E-state index contributed by atoms with van der Waals surface area (Å²) in [6.45, 7) is 3.30. The van der Waals surface area contributed by atoms with E-state index < -0.39 is 17.9 Å². The van der Waals surface area contributed by atoms with Crippen LogP contribution in [0.3, 0.4) is 0 Å². The van der Waals surface area contributed by atoms with Crippen LogP contribution in [0.15, 0.2) is 23.8 Å². The second-order valence-electron chi connectivity index (χ2n) is 6.91. The molecule has 24 heavy (non-hydrogen) atoms. The number of alkyl halides is 3. The molecule has 0 bridgehead atoms. The van der Waals surface area contributed by atoms with Crippen LogP contribution in [0.2, 0.25) is 0 Å². The number of halogens is 3. The molecule has 3 nitrogen and oxygen atoms in total. The fourth-order valence-electron chi connectivity index (χ4n) is 3.07. The molecule has 0 radical (unpaired) electrons. The highest BCUT2D eigenvalue weighted by molar-refractivity contribution is 5.06. The maximum absolute atomic E-state index is 13.2. The zero-order valence-corrected chi connectivity index (χ0v) is 14.4. The Labute approximate surface area is 141 Å². The van der Waals surface area contributed by atoms with E-state index in [0.717, 1.165) is 0 Å². The van der Waals surface area contributed by atoms with Crippen molar-refractivity contribution in [2.24, 2.45) is 11.8 Å². The van der Waals surface area contributed by atoms with Crippen LogP contribution in [-0.4, -0.2) is 39.8 Å². The molecule has 1 aliphatic rings. The summed E-state index contributed by atoms with van der Waals surface area (Å²) in [7, 11) is 0. The lowest BCUT2D eigenvalue weighted by molar-refractivity contribution is -0.265. The van der Waals surface area contributed by atoms with Gasteiger partial charge in [-0.05, 0) is 45.4 Å². The van der Waals surface area contributed by atoms with Crippen molar-refractivity contribution in [2.75, 3.05) is 6.61 Å². The van der Waals surface area contributed by atoms with Crippen LogP contribution in [0.4, 0.5) is 13.2 Å². The van der Waals surface area contributed by atoms with E-state index in [1.54, 1.807) is 32.1 Å². The predicted octanol–water partition coefficient (Wildman–Crippen LogP) is 3.74. The maximum Gasteiger partial charge on any atom is 0.417 e. The Hall–Kier alpha value is -0.850. The van der Waals surface area contributed by atoms with Crippen molar-refractivity contribution in [3.05, 3.63) is 23.8 Å². The molecule has 0 aromatic heterocycles. The zero-order chi connectivity index (χ0) is 18.4. The van der Waals surface area contributed by atoms with Crippen molar-refractivity contribution >= 4 is 0 Å². The normalized spacial score (nSPS) is 34.5. The van der Waals surface area contributed by atoms with Gasteiger partial charge in [-0.2, -0.15) is 13.2 Å². The van der Waals surface area contributed by atoms with E-state index in [1.807, 2.05) is 0 Å². The minimum absolute atomic E-state index is 0.118. The molecule has 4 atom stereocenters. The molecule has 0 saturated carbocycles. The summed E-state index contributed by atoms with van der Waals surface area (Å²) >= 11 is 0. The average Bonchev–Trinajstić information content (AvgIpc) is 2.49. The van der Waals surface area contributed by atoms with E-state index in [1.165, 1.54) is 0 Å². The first-order chi connectivity index (χ1) is 11.1. The maximum atomic E-state index is 13.2. The number of hydrogen-bond acceptors (Lipinski definition) is 3. The van der Waals surface area contributed by atoms with Crippen molar-refractivity contribution in [2.45, 2.75) is 70.3 Å². The van der Waals surface area contributed by atoms with Gasteiger partial charge < -0.3 is 15.3 Å². The molecule has 0 spiro atoms. The molecule has 1 rings (SSSR count). The van der Waals surface area contributed by atoms with E-state index >= 15 is 0 Å². The SMILES string of the molecule is CC1=C[C@@H](C)[C@H](O)[C@@H](CO)C=CCCCCC(O)(C(F)(F)F)CC1. The number of aliphatic hydroxyl groups is 3. The largest absolute Gasteiger partial charge is 0.417 e. The van der Waals surface area contributed by atoms with Gasteiger partial charge in [0.25, 0.3) is 0 Å². The van der Waals surface area contributed by atoms with Crippen LogP contribution < -0.4 is 0 Å². The summed E-state index contributed by atoms with van der Waals surface area (Å²) in [4.78, 5) is 0. The summed E-state index contributed by atoms with van der Waals surface area (Å²) in [5.74, 6) is -0.687. The molecule has 1 unspecified atom stereocenters. The van der Waals surface area contributed by atoms with Crippen LogP contribution in [0.1, 0.15) is 52.4 Å².